The highest BCUT2D eigenvalue weighted by Gasteiger charge is 2.24. The molecular formula is C16H24N2O2S. The van der Waals surface area contributed by atoms with Gasteiger partial charge in [0.1, 0.15) is 5.75 Å². The van der Waals surface area contributed by atoms with Crippen LogP contribution in [-0.2, 0) is 4.79 Å². The number of hydrogen-bond donors (Lipinski definition) is 2. The summed E-state index contributed by atoms with van der Waals surface area (Å²) in [6, 6.07) is 7.93. The maximum atomic E-state index is 12.0. The average molecular weight is 308 g/mol. The molecule has 4 nitrogen and oxygen atoms in total. The van der Waals surface area contributed by atoms with E-state index in [1.54, 1.807) is 7.11 Å². The van der Waals surface area contributed by atoms with E-state index >= 15 is 0 Å². The first kappa shape index (κ1) is 16.2. The first-order chi connectivity index (χ1) is 10.2. The van der Waals surface area contributed by atoms with E-state index in [4.69, 9.17) is 4.74 Å². The number of para-hydroxylation sites is 2. The summed E-state index contributed by atoms with van der Waals surface area (Å²) in [4.78, 5) is 12.0. The van der Waals surface area contributed by atoms with Gasteiger partial charge in [0.15, 0.2) is 0 Å². The number of amides is 1. The molecule has 0 saturated heterocycles. The van der Waals surface area contributed by atoms with Crippen molar-refractivity contribution >= 4 is 23.4 Å². The second-order valence-corrected chi connectivity index (χ2v) is 6.79. The van der Waals surface area contributed by atoms with Crippen molar-refractivity contribution in [2.45, 2.75) is 37.5 Å². The summed E-state index contributed by atoms with van der Waals surface area (Å²) in [6.07, 6.45) is 3.59. The van der Waals surface area contributed by atoms with Crippen LogP contribution in [0.3, 0.4) is 0 Å². The highest BCUT2D eigenvalue weighted by atomic mass is 32.2. The van der Waals surface area contributed by atoms with Crippen molar-refractivity contribution in [3.05, 3.63) is 24.3 Å². The molecule has 1 fully saturated rings. The van der Waals surface area contributed by atoms with Crippen LogP contribution in [0.25, 0.3) is 0 Å². The molecule has 1 aliphatic rings. The van der Waals surface area contributed by atoms with Crippen molar-refractivity contribution < 1.29 is 9.53 Å². The van der Waals surface area contributed by atoms with Crippen LogP contribution in [-0.4, -0.2) is 36.6 Å². The van der Waals surface area contributed by atoms with Crippen LogP contribution in [0.4, 0.5) is 5.69 Å². The van der Waals surface area contributed by atoms with Crippen LogP contribution in [0.5, 0.6) is 5.75 Å². The largest absolute Gasteiger partial charge is 0.495 e. The van der Waals surface area contributed by atoms with E-state index in [1.165, 1.54) is 25.0 Å². The van der Waals surface area contributed by atoms with Gasteiger partial charge in [-0.05, 0) is 37.1 Å². The third kappa shape index (κ3) is 4.93. The SMILES string of the molecule is CCSC1CCC(NCC(=O)Nc2ccccc2OC)C1. The second kappa shape index (κ2) is 8.29. The molecule has 0 spiro atoms. The quantitative estimate of drug-likeness (QED) is 0.813. The molecule has 2 unspecified atom stereocenters. The Labute approximate surface area is 131 Å². The molecule has 0 bridgehead atoms. The van der Waals surface area contributed by atoms with Gasteiger partial charge < -0.3 is 15.4 Å². The monoisotopic (exact) mass is 308 g/mol. The van der Waals surface area contributed by atoms with Crippen LogP contribution in [0.15, 0.2) is 24.3 Å². The van der Waals surface area contributed by atoms with E-state index < -0.39 is 0 Å². The fourth-order valence-electron chi connectivity index (χ4n) is 2.69. The topological polar surface area (TPSA) is 50.4 Å². The van der Waals surface area contributed by atoms with Crippen LogP contribution in [0, 0.1) is 0 Å². The van der Waals surface area contributed by atoms with E-state index in [-0.39, 0.29) is 5.91 Å². The Hall–Kier alpha value is -1.20. The minimum atomic E-state index is -0.0221. The predicted molar refractivity (Wildman–Crippen MR) is 89.2 cm³/mol. The summed E-state index contributed by atoms with van der Waals surface area (Å²) in [6.45, 7) is 2.55. The number of carbonyl (C=O) groups is 1. The number of benzene rings is 1. The number of nitrogens with one attached hydrogen (secondary N) is 2. The van der Waals surface area contributed by atoms with Gasteiger partial charge in [0, 0.05) is 11.3 Å². The molecular weight excluding hydrogens is 284 g/mol. The number of rotatable bonds is 7. The number of ether oxygens (including phenoxy) is 1. The summed E-state index contributed by atoms with van der Waals surface area (Å²) in [5.41, 5.74) is 0.720. The maximum absolute atomic E-state index is 12.0. The highest BCUT2D eigenvalue weighted by molar-refractivity contribution is 7.99. The third-order valence-corrected chi connectivity index (χ3v) is 4.95. The molecule has 1 aromatic carbocycles. The molecule has 5 heteroatoms. The molecule has 21 heavy (non-hydrogen) atoms. The zero-order valence-electron chi connectivity index (χ0n) is 12.7. The second-order valence-electron chi connectivity index (χ2n) is 5.22. The summed E-state index contributed by atoms with van der Waals surface area (Å²) < 4.78 is 5.23. The number of carbonyl (C=O) groups excluding carboxylic acids is 1. The molecule has 0 aliphatic heterocycles. The first-order valence-corrected chi connectivity index (χ1v) is 8.55. The van der Waals surface area contributed by atoms with Gasteiger partial charge in [-0.2, -0.15) is 11.8 Å². The Bertz CT molecular complexity index is 467. The molecule has 1 aliphatic carbocycles. The van der Waals surface area contributed by atoms with Gasteiger partial charge in [-0.1, -0.05) is 19.1 Å². The first-order valence-electron chi connectivity index (χ1n) is 7.50. The van der Waals surface area contributed by atoms with Gasteiger partial charge in [0.25, 0.3) is 0 Å². The Morgan fingerprint density at radius 3 is 2.95 bits per heavy atom. The Morgan fingerprint density at radius 1 is 1.38 bits per heavy atom. The van der Waals surface area contributed by atoms with Crippen molar-refractivity contribution in [3.63, 3.8) is 0 Å². The predicted octanol–water partition coefficient (Wildman–Crippen LogP) is 2.90. The van der Waals surface area contributed by atoms with Crippen molar-refractivity contribution in [1.82, 2.24) is 5.32 Å². The van der Waals surface area contributed by atoms with Gasteiger partial charge >= 0.3 is 0 Å². The molecule has 2 N–H and O–H groups in total. The minimum absolute atomic E-state index is 0.0221. The smallest absolute Gasteiger partial charge is 0.238 e. The van der Waals surface area contributed by atoms with E-state index in [9.17, 15) is 4.79 Å². The number of anilines is 1. The lowest BCUT2D eigenvalue weighted by Gasteiger charge is -2.14. The van der Waals surface area contributed by atoms with Crippen molar-refractivity contribution in [2.24, 2.45) is 0 Å². The van der Waals surface area contributed by atoms with Crippen LogP contribution in [0.2, 0.25) is 0 Å². The van der Waals surface area contributed by atoms with E-state index in [2.05, 4.69) is 17.6 Å². The molecule has 0 heterocycles. The molecule has 2 rings (SSSR count). The molecule has 1 saturated carbocycles. The van der Waals surface area contributed by atoms with Gasteiger partial charge in [-0.25, -0.2) is 0 Å². The Morgan fingerprint density at radius 2 is 2.19 bits per heavy atom. The molecule has 1 amide bonds. The number of thioether (sulfide) groups is 1. The molecule has 2 atom stereocenters. The zero-order valence-corrected chi connectivity index (χ0v) is 13.5. The number of methoxy groups -OCH3 is 1. The molecule has 1 aromatic rings. The fraction of sp³-hybridized carbons (Fsp3) is 0.562. The van der Waals surface area contributed by atoms with Crippen LogP contribution < -0.4 is 15.4 Å². The molecule has 0 radical (unpaired) electrons. The minimum Gasteiger partial charge on any atom is -0.495 e. The Balaban J connectivity index is 1.75. The number of hydrogen-bond acceptors (Lipinski definition) is 4. The summed E-state index contributed by atoms with van der Waals surface area (Å²) in [7, 11) is 1.60. The summed E-state index contributed by atoms with van der Waals surface area (Å²) in [5, 5.41) is 7.01. The van der Waals surface area contributed by atoms with Crippen molar-refractivity contribution in [2.75, 3.05) is 24.7 Å². The van der Waals surface area contributed by atoms with E-state index in [0.29, 0.717) is 18.3 Å². The average Bonchev–Trinajstić information content (AvgIpc) is 2.94. The van der Waals surface area contributed by atoms with Crippen molar-refractivity contribution in [1.29, 1.82) is 0 Å². The van der Waals surface area contributed by atoms with Gasteiger partial charge in [-0.15, -0.1) is 0 Å². The van der Waals surface area contributed by atoms with Crippen molar-refractivity contribution in [3.8, 4) is 5.75 Å². The maximum Gasteiger partial charge on any atom is 0.238 e. The van der Waals surface area contributed by atoms with E-state index in [1.807, 2.05) is 36.0 Å². The summed E-state index contributed by atoms with van der Waals surface area (Å²) in [5.74, 6) is 1.84. The lowest BCUT2D eigenvalue weighted by atomic mass is 10.2. The highest BCUT2D eigenvalue weighted by Crippen LogP contribution is 2.29. The van der Waals surface area contributed by atoms with Gasteiger partial charge in [0.2, 0.25) is 5.91 Å². The Kier molecular flexibility index (Phi) is 6.39. The fourth-order valence-corrected chi connectivity index (χ4v) is 3.83. The zero-order chi connectivity index (χ0) is 15.1. The molecule has 116 valence electrons. The van der Waals surface area contributed by atoms with Crippen LogP contribution in [0.1, 0.15) is 26.2 Å². The molecule has 0 aromatic heterocycles. The normalized spacial score (nSPS) is 21.2. The van der Waals surface area contributed by atoms with Gasteiger partial charge in [0.05, 0.1) is 19.3 Å². The van der Waals surface area contributed by atoms with Gasteiger partial charge in [-0.3, -0.25) is 4.79 Å². The summed E-state index contributed by atoms with van der Waals surface area (Å²) >= 11 is 2.03. The lowest BCUT2D eigenvalue weighted by Crippen LogP contribution is -2.34. The third-order valence-electron chi connectivity index (χ3n) is 3.72. The van der Waals surface area contributed by atoms with E-state index in [0.717, 1.165) is 10.9 Å². The van der Waals surface area contributed by atoms with Crippen LogP contribution >= 0.6 is 11.8 Å². The standard InChI is InChI=1S/C16H24N2O2S/c1-3-21-13-9-8-12(10-13)17-11-16(19)18-14-6-4-5-7-15(14)20-2/h4-7,12-13,17H,3,8-11H2,1-2H3,(H,18,19). The lowest BCUT2D eigenvalue weighted by molar-refractivity contribution is -0.115.